The third-order valence-electron chi connectivity index (χ3n) is 4.13. The predicted molar refractivity (Wildman–Crippen MR) is 92.7 cm³/mol. The Morgan fingerprint density at radius 2 is 1.80 bits per heavy atom. The Balaban J connectivity index is 1.71. The molecule has 0 unspecified atom stereocenters. The molecule has 1 aromatic heterocycles. The molecular weight excluding hydrogens is 320 g/mol. The minimum absolute atomic E-state index is 0.159. The average molecular weight is 336 g/mol. The smallest absolute Gasteiger partial charge is 0.320 e. The molecule has 0 amide bonds. The van der Waals surface area contributed by atoms with Gasteiger partial charge < -0.3 is 14.0 Å². The Bertz CT molecular complexity index is 1070. The first-order chi connectivity index (χ1) is 12.1. The standard InChI is InChI=1S/C19H16N2O4/c1-13-3-2-4-14(9-13)11-20-7-8-21(19(23)18(20)22)15-5-6-16-17(10-15)25-12-24-16/h2-10H,11-12H2,1H3. The largest absolute Gasteiger partial charge is 0.454 e. The normalized spacial score (nSPS) is 12.4. The molecular formula is C19H16N2O4. The van der Waals surface area contributed by atoms with Crippen LogP contribution in [0.4, 0.5) is 0 Å². The van der Waals surface area contributed by atoms with Crippen LogP contribution in [-0.4, -0.2) is 15.9 Å². The zero-order chi connectivity index (χ0) is 17.4. The first kappa shape index (κ1) is 15.3. The molecule has 0 fully saturated rings. The van der Waals surface area contributed by atoms with Crippen molar-refractivity contribution in [1.82, 2.24) is 9.13 Å². The fourth-order valence-electron chi connectivity index (χ4n) is 2.88. The summed E-state index contributed by atoms with van der Waals surface area (Å²) in [6, 6.07) is 13.0. The molecule has 0 aliphatic carbocycles. The van der Waals surface area contributed by atoms with Crippen LogP contribution >= 0.6 is 0 Å². The van der Waals surface area contributed by atoms with Crippen LogP contribution in [0.1, 0.15) is 11.1 Å². The lowest BCUT2D eigenvalue weighted by molar-refractivity contribution is 0.174. The van der Waals surface area contributed by atoms with Gasteiger partial charge in [-0.2, -0.15) is 0 Å². The van der Waals surface area contributed by atoms with E-state index in [4.69, 9.17) is 9.47 Å². The van der Waals surface area contributed by atoms with Crippen LogP contribution in [-0.2, 0) is 6.54 Å². The fourth-order valence-corrected chi connectivity index (χ4v) is 2.88. The summed E-state index contributed by atoms with van der Waals surface area (Å²) in [4.78, 5) is 25.0. The Morgan fingerprint density at radius 1 is 0.960 bits per heavy atom. The first-order valence-electron chi connectivity index (χ1n) is 7.89. The van der Waals surface area contributed by atoms with E-state index in [9.17, 15) is 9.59 Å². The number of ether oxygens (including phenoxy) is 2. The predicted octanol–water partition coefficient (Wildman–Crippen LogP) is 2.08. The van der Waals surface area contributed by atoms with Crippen LogP contribution in [0.5, 0.6) is 11.5 Å². The van der Waals surface area contributed by atoms with Gasteiger partial charge in [-0.15, -0.1) is 0 Å². The highest BCUT2D eigenvalue weighted by atomic mass is 16.7. The number of benzene rings is 2. The number of hydrogen-bond donors (Lipinski definition) is 0. The SMILES string of the molecule is Cc1cccc(Cn2ccn(-c3ccc4c(c3)OCO4)c(=O)c2=O)c1. The molecule has 0 atom stereocenters. The molecule has 4 rings (SSSR count). The van der Waals surface area contributed by atoms with Gasteiger partial charge in [0.15, 0.2) is 11.5 Å². The maximum absolute atomic E-state index is 12.5. The molecule has 0 saturated carbocycles. The van der Waals surface area contributed by atoms with Crippen LogP contribution < -0.4 is 20.6 Å². The van der Waals surface area contributed by atoms with E-state index in [0.29, 0.717) is 23.7 Å². The average Bonchev–Trinajstić information content (AvgIpc) is 3.07. The van der Waals surface area contributed by atoms with Crippen LogP contribution in [0.3, 0.4) is 0 Å². The summed E-state index contributed by atoms with van der Waals surface area (Å²) in [5.74, 6) is 1.19. The minimum atomic E-state index is -0.603. The Labute approximate surface area is 143 Å². The summed E-state index contributed by atoms with van der Waals surface area (Å²) in [6.45, 7) is 2.51. The molecule has 0 bridgehead atoms. The second kappa shape index (κ2) is 5.98. The van der Waals surface area contributed by atoms with Gasteiger partial charge in [-0.25, -0.2) is 0 Å². The van der Waals surface area contributed by atoms with Gasteiger partial charge >= 0.3 is 11.1 Å². The lowest BCUT2D eigenvalue weighted by Gasteiger charge is -2.10. The van der Waals surface area contributed by atoms with Crippen molar-refractivity contribution in [3.05, 3.63) is 86.7 Å². The van der Waals surface area contributed by atoms with Crippen molar-refractivity contribution in [3.63, 3.8) is 0 Å². The lowest BCUT2D eigenvalue weighted by atomic mass is 10.1. The number of aromatic nitrogens is 2. The van der Waals surface area contributed by atoms with Gasteiger partial charge in [0.05, 0.1) is 12.2 Å². The lowest BCUT2D eigenvalue weighted by Crippen LogP contribution is -2.40. The molecule has 2 heterocycles. The summed E-state index contributed by atoms with van der Waals surface area (Å²) in [6.07, 6.45) is 3.22. The van der Waals surface area contributed by atoms with Gasteiger partial charge in [0.1, 0.15) is 0 Å². The Hall–Kier alpha value is -3.28. The van der Waals surface area contributed by atoms with E-state index < -0.39 is 11.1 Å². The Kier molecular flexibility index (Phi) is 3.65. The molecule has 25 heavy (non-hydrogen) atoms. The number of aryl methyl sites for hydroxylation is 1. The van der Waals surface area contributed by atoms with Crippen molar-refractivity contribution >= 4 is 0 Å². The highest BCUT2D eigenvalue weighted by Gasteiger charge is 2.15. The van der Waals surface area contributed by atoms with Gasteiger partial charge in [-0.3, -0.25) is 14.2 Å². The van der Waals surface area contributed by atoms with E-state index in [1.54, 1.807) is 30.6 Å². The molecule has 2 aromatic carbocycles. The maximum atomic E-state index is 12.5. The number of fused-ring (bicyclic) bond motifs is 1. The molecule has 1 aliphatic rings. The third kappa shape index (κ3) is 2.82. The van der Waals surface area contributed by atoms with Crippen LogP contribution in [0.15, 0.2) is 64.4 Å². The summed E-state index contributed by atoms with van der Waals surface area (Å²) in [5, 5.41) is 0. The molecule has 0 radical (unpaired) electrons. The van der Waals surface area contributed by atoms with Crippen LogP contribution in [0.25, 0.3) is 5.69 Å². The summed E-state index contributed by atoms with van der Waals surface area (Å²) in [7, 11) is 0. The molecule has 6 nitrogen and oxygen atoms in total. The van der Waals surface area contributed by atoms with Crippen LogP contribution in [0.2, 0.25) is 0 Å². The monoisotopic (exact) mass is 336 g/mol. The Morgan fingerprint density at radius 3 is 2.64 bits per heavy atom. The van der Waals surface area contributed by atoms with Crippen molar-refractivity contribution in [2.24, 2.45) is 0 Å². The van der Waals surface area contributed by atoms with Crippen molar-refractivity contribution < 1.29 is 9.47 Å². The topological polar surface area (TPSA) is 62.5 Å². The van der Waals surface area contributed by atoms with Gasteiger partial charge in [-0.1, -0.05) is 29.8 Å². The minimum Gasteiger partial charge on any atom is -0.454 e. The second-order valence-electron chi connectivity index (χ2n) is 5.93. The van der Waals surface area contributed by atoms with Gasteiger partial charge in [-0.05, 0) is 24.6 Å². The highest BCUT2D eigenvalue weighted by molar-refractivity contribution is 5.50. The quantitative estimate of drug-likeness (QED) is 0.687. The van der Waals surface area contributed by atoms with E-state index in [0.717, 1.165) is 11.1 Å². The maximum Gasteiger partial charge on any atom is 0.320 e. The van der Waals surface area contributed by atoms with Crippen LogP contribution in [0, 0.1) is 6.92 Å². The van der Waals surface area contributed by atoms with E-state index >= 15 is 0 Å². The molecule has 6 heteroatoms. The molecule has 3 aromatic rings. The third-order valence-corrected chi connectivity index (χ3v) is 4.13. The van der Waals surface area contributed by atoms with E-state index in [2.05, 4.69) is 0 Å². The van der Waals surface area contributed by atoms with E-state index in [1.807, 2.05) is 31.2 Å². The zero-order valence-corrected chi connectivity index (χ0v) is 13.6. The summed E-state index contributed by atoms with van der Waals surface area (Å²) >= 11 is 0. The molecule has 126 valence electrons. The first-order valence-corrected chi connectivity index (χ1v) is 7.89. The van der Waals surface area contributed by atoms with Gasteiger partial charge in [0.25, 0.3) is 0 Å². The van der Waals surface area contributed by atoms with E-state index in [1.165, 1.54) is 9.13 Å². The second-order valence-corrected chi connectivity index (χ2v) is 5.93. The molecule has 1 aliphatic heterocycles. The van der Waals surface area contributed by atoms with Crippen molar-refractivity contribution in [3.8, 4) is 17.2 Å². The van der Waals surface area contributed by atoms with E-state index in [-0.39, 0.29) is 6.79 Å². The zero-order valence-electron chi connectivity index (χ0n) is 13.6. The molecule has 0 saturated heterocycles. The number of rotatable bonds is 3. The molecule has 0 spiro atoms. The van der Waals surface area contributed by atoms with Gasteiger partial charge in [0.2, 0.25) is 6.79 Å². The summed E-state index contributed by atoms with van der Waals surface area (Å²) < 4.78 is 13.3. The van der Waals surface area contributed by atoms with Crippen molar-refractivity contribution in [2.45, 2.75) is 13.5 Å². The number of hydrogen-bond acceptors (Lipinski definition) is 4. The molecule has 0 N–H and O–H groups in total. The summed E-state index contributed by atoms with van der Waals surface area (Å²) in [5.41, 5.74) is 1.48. The van der Waals surface area contributed by atoms with Gasteiger partial charge in [0, 0.05) is 18.5 Å². The van der Waals surface area contributed by atoms with Crippen molar-refractivity contribution in [2.75, 3.05) is 6.79 Å². The fraction of sp³-hybridized carbons (Fsp3) is 0.158. The van der Waals surface area contributed by atoms with Crippen molar-refractivity contribution in [1.29, 1.82) is 0 Å². The highest BCUT2D eigenvalue weighted by Crippen LogP contribution is 2.33. The number of nitrogens with zero attached hydrogens (tertiary/aromatic N) is 2.